The Labute approximate surface area is 113 Å². The Kier molecular flexibility index (Phi) is 5.08. The second kappa shape index (κ2) is 6.16. The van der Waals surface area contributed by atoms with Crippen LogP contribution >= 0.6 is 0 Å². The van der Waals surface area contributed by atoms with Crippen molar-refractivity contribution >= 4 is 15.7 Å². The molecule has 0 aliphatic carbocycles. The summed E-state index contributed by atoms with van der Waals surface area (Å²) in [5.74, 6) is -0.776. The summed E-state index contributed by atoms with van der Waals surface area (Å²) in [6.45, 7) is 5.50. The number of benzene rings is 1. The molecule has 0 unspecified atom stereocenters. The molecule has 0 saturated heterocycles. The lowest BCUT2D eigenvalue weighted by atomic mass is 10.2. The molecule has 0 atom stereocenters. The van der Waals surface area contributed by atoms with E-state index >= 15 is 0 Å². The predicted octanol–water partition coefficient (Wildman–Crippen LogP) is 2.30. The Morgan fingerprint density at radius 2 is 2.11 bits per heavy atom. The number of aryl methyl sites for hydroxylation is 1. The fourth-order valence-corrected chi connectivity index (χ4v) is 2.90. The Hall–Kier alpha value is -1.40. The van der Waals surface area contributed by atoms with Crippen LogP contribution in [0.3, 0.4) is 0 Å². The molecule has 6 heteroatoms. The van der Waals surface area contributed by atoms with Gasteiger partial charge in [0.05, 0.1) is 0 Å². The van der Waals surface area contributed by atoms with Gasteiger partial charge in [0, 0.05) is 19.3 Å². The molecule has 19 heavy (non-hydrogen) atoms. The Balaban J connectivity index is 3.06. The molecule has 0 saturated carbocycles. The van der Waals surface area contributed by atoms with E-state index < -0.39 is 15.8 Å². The van der Waals surface area contributed by atoms with Crippen LogP contribution < -0.4 is 5.73 Å². The van der Waals surface area contributed by atoms with Gasteiger partial charge in [0.15, 0.2) is 0 Å². The van der Waals surface area contributed by atoms with Gasteiger partial charge in [-0.15, -0.1) is 6.58 Å². The smallest absolute Gasteiger partial charge is 0.245 e. The number of sulfonamides is 1. The third-order valence-electron chi connectivity index (χ3n) is 2.89. The van der Waals surface area contributed by atoms with Gasteiger partial charge in [0.2, 0.25) is 10.0 Å². The van der Waals surface area contributed by atoms with E-state index in [1.807, 2.05) is 0 Å². The van der Waals surface area contributed by atoms with E-state index in [4.69, 9.17) is 5.73 Å². The first-order valence-electron chi connectivity index (χ1n) is 5.93. The van der Waals surface area contributed by atoms with Crippen molar-refractivity contribution in [2.45, 2.75) is 24.7 Å². The van der Waals surface area contributed by atoms with Crippen LogP contribution in [0, 0.1) is 12.7 Å². The zero-order valence-corrected chi connectivity index (χ0v) is 12.0. The molecule has 0 amide bonds. The molecular formula is C13H19FN2O2S. The van der Waals surface area contributed by atoms with Crippen molar-refractivity contribution < 1.29 is 12.8 Å². The molecule has 0 aliphatic rings. The Bertz CT molecular complexity index is 570. The summed E-state index contributed by atoms with van der Waals surface area (Å²) in [7, 11) is -2.42. The number of nitrogens with zero attached hydrogens (tertiary/aromatic N) is 1. The number of halogens is 1. The van der Waals surface area contributed by atoms with Crippen molar-refractivity contribution in [3.63, 3.8) is 0 Å². The first-order valence-corrected chi connectivity index (χ1v) is 7.37. The summed E-state index contributed by atoms with van der Waals surface area (Å²) < 4.78 is 39.4. The van der Waals surface area contributed by atoms with Gasteiger partial charge in [-0.2, -0.15) is 0 Å². The van der Waals surface area contributed by atoms with Gasteiger partial charge in [0.1, 0.15) is 10.7 Å². The average Bonchev–Trinajstić information content (AvgIpc) is 2.33. The largest absolute Gasteiger partial charge is 0.398 e. The average molecular weight is 286 g/mol. The van der Waals surface area contributed by atoms with Gasteiger partial charge in [-0.05, 0) is 37.5 Å². The normalized spacial score (nSPS) is 11.8. The van der Waals surface area contributed by atoms with Crippen molar-refractivity contribution in [2.24, 2.45) is 0 Å². The molecule has 0 aliphatic heterocycles. The lowest BCUT2D eigenvalue weighted by Gasteiger charge is -2.18. The van der Waals surface area contributed by atoms with Gasteiger partial charge in [-0.1, -0.05) is 6.08 Å². The molecule has 0 radical (unpaired) electrons. The summed E-state index contributed by atoms with van der Waals surface area (Å²) in [6, 6.07) is 2.31. The summed E-state index contributed by atoms with van der Waals surface area (Å²) in [5.41, 5.74) is 6.43. The quantitative estimate of drug-likeness (QED) is 0.496. The maximum Gasteiger partial charge on any atom is 0.245 e. The fraction of sp³-hybridized carbons (Fsp3) is 0.385. The van der Waals surface area contributed by atoms with Crippen molar-refractivity contribution in [1.82, 2.24) is 4.31 Å². The number of hydrogen-bond acceptors (Lipinski definition) is 3. The van der Waals surface area contributed by atoms with E-state index in [0.29, 0.717) is 24.9 Å². The number of nitrogen functional groups attached to an aromatic ring is 1. The molecule has 1 aromatic carbocycles. The van der Waals surface area contributed by atoms with Crippen LogP contribution in [0.2, 0.25) is 0 Å². The van der Waals surface area contributed by atoms with Crippen LogP contribution in [0.25, 0.3) is 0 Å². The zero-order valence-electron chi connectivity index (χ0n) is 11.2. The van der Waals surface area contributed by atoms with Gasteiger partial charge < -0.3 is 5.73 Å². The van der Waals surface area contributed by atoms with Gasteiger partial charge in [-0.25, -0.2) is 17.1 Å². The molecule has 0 bridgehead atoms. The van der Waals surface area contributed by atoms with E-state index in [1.165, 1.54) is 13.1 Å². The van der Waals surface area contributed by atoms with Gasteiger partial charge in [0.25, 0.3) is 0 Å². The van der Waals surface area contributed by atoms with Crippen LogP contribution in [0.1, 0.15) is 18.4 Å². The Morgan fingerprint density at radius 3 is 2.68 bits per heavy atom. The third-order valence-corrected chi connectivity index (χ3v) is 4.76. The second-order valence-corrected chi connectivity index (χ2v) is 6.41. The maximum atomic E-state index is 13.8. The van der Waals surface area contributed by atoms with E-state index in [0.717, 1.165) is 10.4 Å². The van der Waals surface area contributed by atoms with Crippen LogP contribution in [0.15, 0.2) is 29.7 Å². The lowest BCUT2D eigenvalue weighted by molar-refractivity contribution is 0.456. The van der Waals surface area contributed by atoms with E-state index in [-0.39, 0.29) is 10.6 Å². The van der Waals surface area contributed by atoms with E-state index in [9.17, 15) is 12.8 Å². The molecule has 1 rings (SSSR count). The number of nitrogens with two attached hydrogens (primary N) is 1. The van der Waals surface area contributed by atoms with Crippen molar-refractivity contribution in [1.29, 1.82) is 0 Å². The highest BCUT2D eigenvalue weighted by Crippen LogP contribution is 2.24. The molecule has 0 spiro atoms. The van der Waals surface area contributed by atoms with Crippen molar-refractivity contribution in [3.05, 3.63) is 36.2 Å². The van der Waals surface area contributed by atoms with Gasteiger partial charge >= 0.3 is 0 Å². The molecule has 4 nitrogen and oxygen atoms in total. The summed E-state index contributed by atoms with van der Waals surface area (Å²) in [4.78, 5) is -0.378. The van der Waals surface area contributed by atoms with E-state index in [1.54, 1.807) is 13.0 Å². The predicted molar refractivity (Wildman–Crippen MR) is 74.8 cm³/mol. The van der Waals surface area contributed by atoms with E-state index in [2.05, 4.69) is 6.58 Å². The maximum absolute atomic E-state index is 13.8. The molecule has 0 fully saturated rings. The monoisotopic (exact) mass is 286 g/mol. The Morgan fingerprint density at radius 1 is 1.47 bits per heavy atom. The van der Waals surface area contributed by atoms with Crippen LogP contribution in [-0.4, -0.2) is 26.3 Å². The highest BCUT2D eigenvalue weighted by molar-refractivity contribution is 7.89. The highest BCUT2D eigenvalue weighted by atomic mass is 32.2. The summed E-state index contributed by atoms with van der Waals surface area (Å²) >= 11 is 0. The minimum Gasteiger partial charge on any atom is -0.398 e. The lowest BCUT2D eigenvalue weighted by Crippen LogP contribution is -2.28. The molecule has 1 aromatic rings. The third kappa shape index (κ3) is 3.54. The zero-order chi connectivity index (χ0) is 14.6. The van der Waals surface area contributed by atoms with Crippen LogP contribution in [0.4, 0.5) is 10.1 Å². The number of allylic oxidation sites excluding steroid dienone is 1. The first kappa shape index (κ1) is 15.7. The SMILES string of the molecule is C=CCCCN(C)S(=O)(=O)c1cc(N)c(C)cc1F. The highest BCUT2D eigenvalue weighted by Gasteiger charge is 2.24. The van der Waals surface area contributed by atoms with Crippen molar-refractivity contribution in [3.8, 4) is 0 Å². The molecule has 106 valence electrons. The number of unbranched alkanes of at least 4 members (excludes halogenated alkanes) is 1. The standard InChI is InChI=1S/C13H19FN2O2S/c1-4-5-6-7-16(3)19(17,18)13-9-12(15)10(2)8-11(13)14/h4,8-9H,1,5-7,15H2,2-3H3. The first-order chi connectivity index (χ1) is 8.80. The van der Waals surface area contributed by atoms with Crippen molar-refractivity contribution in [2.75, 3.05) is 19.3 Å². The molecular weight excluding hydrogens is 267 g/mol. The molecule has 0 heterocycles. The summed E-state index contributed by atoms with van der Waals surface area (Å²) in [6.07, 6.45) is 3.06. The van der Waals surface area contributed by atoms with Gasteiger partial charge in [-0.3, -0.25) is 0 Å². The second-order valence-electron chi connectivity index (χ2n) is 4.40. The topological polar surface area (TPSA) is 63.4 Å². The minimum absolute atomic E-state index is 0.263. The fourth-order valence-electron chi connectivity index (χ4n) is 1.61. The number of hydrogen-bond donors (Lipinski definition) is 1. The summed E-state index contributed by atoms with van der Waals surface area (Å²) in [5, 5.41) is 0. The molecule has 0 aromatic heterocycles. The minimum atomic E-state index is -3.85. The van der Waals surface area contributed by atoms with Crippen LogP contribution in [0.5, 0.6) is 0 Å². The number of rotatable bonds is 6. The van der Waals surface area contributed by atoms with Crippen LogP contribution in [-0.2, 0) is 10.0 Å². The number of anilines is 1. The molecule has 2 N–H and O–H groups in total.